The fourth-order valence-electron chi connectivity index (χ4n) is 4.50. The molecule has 1 saturated carbocycles. The molecular weight excluding hydrogens is 454 g/mol. The molecule has 176 valence electrons. The van der Waals surface area contributed by atoms with Crippen molar-refractivity contribution in [3.8, 4) is 22.8 Å². The molecule has 10 heteroatoms. The molecule has 1 N–H and O–H groups in total. The van der Waals surface area contributed by atoms with Crippen molar-refractivity contribution in [2.45, 2.75) is 32.2 Å². The van der Waals surface area contributed by atoms with Gasteiger partial charge in [-0.15, -0.1) is 0 Å². The van der Waals surface area contributed by atoms with Gasteiger partial charge < -0.3 is 9.72 Å². The van der Waals surface area contributed by atoms with Crippen LogP contribution in [0.2, 0.25) is 0 Å². The highest BCUT2D eigenvalue weighted by molar-refractivity contribution is 5.97. The Bertz CT molecular complexity index is 1580. The van der Waals surface area contributed by atoms with E-state index in [4.69, 9.17) is 4.74 Å². The first-order valence-corrected chi connectivity index (χ1v) is 11.2. The molecule has 0 saturated heterocycles. The van der Waals surface area contributed by atoms with Gasteiger partial charge in [0.2, 0.25) is 5.92 Å². The van der Waals surface area contributed by atoms with Crippen molar-refractivity contribution >= 4 is 28.4 Å². The number of carbonyl (C=O) groups excluding carboxylic acids is 1. The van der Waals surface area contributed by atoms with Crippen LogP contribution in [0.3, 0.4) is 0 Å². The van der Waals surface area contributed by atoms with E-state index >= 15 is 0 Å². The second kappa shape index (κ2) is 7.93. The Morgan fingerprint density at radius 3 is 2.80 bits per heavy atom. The average molecular weight is 474 g/mol. The summed E-state index contributed by atoms with van der Waals surface area (Å²) in [7, 11) is 0. The Balaban J connectivity index is 1.30. The van der Waals surface area contributed by atoms with Crippen LogP contribution in [0.5, 0.6) is 11.5 Å². The van der Waals surface area contributed by atoms with E-state index in [9.17, 15) is 13.6 Å². The first-order chi connectivity index (χ1) is 16.9. The van der Waals surface area contributed by atoms with Crippen LogP contribution in [0.25, 0.3) is 33.3 Å². The Labute approximate surface area is 198 Å². The molecular formula is C25H20F2N6O2. The highest BCUT2D eigenvalue weighted by Gasteiger charge is 2.45. The van der Waals surface area contributed by atoms with Crippen molar-refractivity contribution in [1.29, 1.82) is 0 Å². The largest absolute Gasteiger partial charge is 0.456 e. The summed E-state index contributed by atoms with van der Waals surface area (Å²) in [5.74, 6) is -0.940. The van der Waals surface area contributed by atoms with Gasteiger partial charge in [-0.2, -0.15) is 5.10 Å². The molecule has 6 rings (SSSR count). The van der Waals surface area contributed by atoms with E-state index in [1.807, 2.05) is 19.1 Å². The lowest BCUT2D eigenvalue weighted by Gasteiger charge is -2.34. The number of nitrogens with one attached hydrogen (secondary N) is 1. The zero-order valence-corrected chi connectivity index (χ0v) is 18.7. The van der Waals surface area contributed by atoms with Gasteiger partial charge in [0.05, 0.1) is 40.2 Å². The van der Waals surface area contributed by atoms with Gasteiger partial charge in [0.1, 0.15) is 22.8 Å². The molecule has 0 atom stereocenters. The third-order valence-corrected chi connectivity index (χ3v) is 6.18. The summed E-state index contributed by atoms with van der Waals surface area (Å²) >= 11 is 0. The van der Waals surface area contributed by atoms with Crippen molar-refractivity contribution in [3.05, 3.63) is 60.3 Å². The molecule has 0 unspecified atom stereocenters. The number of rotatable bonds is 6. The maximum Gasteiger partial charge on any atom is 0.248 e. The zero-order valence-electron chi connectivity index (χ0n) is 18.7. The number of benzene rings is 2. The molecule has 5 aromatic rings. The third-order valence-electron chi connectivity index (χ3n) is 6.18. The van der Waals surface area contributed by atoms with E-state index in [1.165, 1.54) is 0 Å². The Kier molecular flexibility index (Phi) is 4.84. The molecule has 0 aliphatic heterocycles. The molecule has 0 bridgehead atoms. The number of ether oxygens (including phenoxy) is 1. The SMILES string of the molecule is Cc1nc2ccc(Oc3ccc4ncc(-c5cnn(CC6CC(F)(F)C6)c5)nc4c3C=O)cc2[nH]1. The van der Waals surface area contributed by atoms with Gasteiger partial charge in [0.15, 0.2) is 6.29 Å². The van der Waals surface area contributed by atoms with E-state index in [2.05, 4.69) is 25.0 Å². The van der Waals surface area contributed by atoms with Crippen molar-refractivity contribution < 1.29 is 18.3 Å². The van der Waals surface area contributed by atoms with E-state index < -0.39 is 5.92 Å². The van der Waals surface area contributed by atoms with E-state index in [1.54, 1.807) is 41.5 Å². The van der Waals surface area contributed by atoms with Gasteiger partial charge in [-0.25, -0.2) is 18.7 Å². The van der Waals surface area contributed by atoms with Gasteiger partial charge in [0.25, 0.3) is 0 Å². The van der Waals surface area contributed by atoms with Crippen molar-refractivity contribution in [2.24, 2.45) is 5.92 Å². The first kappa shape index (κ1) is 21.3. The lowest BCUT2D eigenvalue weighted by molar-refractivity contribution is -0.114. The van der Waals surface area contributed by atoms with Crippen molar-refractivity contribution in [2.75, 3.05) is 0 Å². The number of imidazole rings is 1. The first-order valence-electron chi connectivity index (χ1n) is 11.2. The summed E-state index contributed by atoms with van der Waals surface area (Å²) in [6, 6.07) is 8.89. The molecule has 0 spiro atoms. The number of fused-ring (bicyclic) bond motifs is 2. The summed E-state index contributed by atoms with van der Waals surface area (Å²) in [4.78, 5) is 28.7. The lowest BCUT2D eigenvalue weighted by Crippen LogP contribution is -2.37. The van der Waals surface area contributed by atoms with Crippen LogP contribution in [0.4, 0.5) is 8.78 Å². The summed E-state index contributed by atoms with van der Waals surface area (Å²) in [6.07, 6.45) is 5.46. The highest BCUT2D eigenvalue weighted by Crippen LogP contribution is 2.43. The van der Waals surface area contributed by atoms with Crippen LogP contribution in [-0.2, 0) is 6.54 Å². The molecule has 8 nitrogen and oxygen atoms in total. The fourth-order valence-corrected chi connectivity index (χ4v) is 4.50. The predicted octanol–water partition coefficient (Wildman–Crippen LogP) is 5.33. The van der Waals surface area contributed by atoms with Crippen LogP contribution in [0.15, 0.2) is 48.9 Å². The second-order valence-electron chi connectivity index (χ2n) is 8.90. The summed E-state index contributed by atoms with van der Waals surface area (Å²) < 4.78 is 33.9. The molecule has 1 aliphatic carbocycles. The van der Waals surface area contributed by atoms with E-state index in [0.717, 1.165) is 16.9 Å². The monoisotopic (exact) mass is 474 g/mol. The number of carbonyl (C=O) groups is 1. The number of alkyl halides is 2. The maximum atomic E-state index is 13.1. The van der Waals surface area contributed by atoms with Gasteiger partial charge >= 0.3 is 0 Å². The number of H-pyrrole nitrogens is 1. The van der Waals surface area contributed by atoms with Gasteiger partial charge in [-0.05, 0) is 37.1 Å². The zero-order chi connectivity index (χ0) is 24.2. The lowest BCUT2D eigenvalue weighted by atomic mass is 9.81. The third kappa shape index (κ3) is 4.01. The predicted molar refractivity (Wildman–Crippen MR) is 125 cm³/mol. The molecule has 0 amide bonds. The van der Waals surface area contributed by atoms with E-state index in [-0.39, 0.29) is 24.3 Å². The van der Waals surface area contributed by atoms with Crippen LogP contribution in [0, 0.1) is 12.8 Å². The van der Waals surface area contributed by atoms with Crippen LogP contribution in [-0.4, -0.2) is 41.9 Å². The Hall–Kier alpha value is -4.21. The molecule has 1 aliphatic rings. The Morgan fingerprint density at radius 1 is 1.17 bits per heavy atom. The standard InChI is InChI=1S/C25H20F2N6O2/c1-14-30-19-3-2-17(6-21(19)31-14)35-23-5-4-20-24(18(23)13-34)32-22(10-28-20)16-9-29-33(12-16)11-15-7-25(26,27)8-15/h2-6,9-10,12-13,15H,7-8,11H2,1H3,(H,30,31). The topological polar surface area (TPSA) is 98.6 Å². The molecule has 35 heavy (non-hydrogen) atoms. The summed E-state index contributed by atoms with van der Waals surface area (Å²) in [5, 5.41) is 4.29. The quantitative estimate of drug-likeness (QED) is 0.334. The number of aryl methyl sites for hydroxylation is 1. The molecule has 3 heterocycles. The maximum absolute atomic E-state index is 13.1. The van der Waals surface area contributed by atoms with Crippen molar-refractivity contribution in [1.82, 2.24) is 29.7 Å². The fraction of sp³-hybridized carbons (Fsp3) is 0.240. The van der Waals surface area contributed by atoms with Crippen LogP contribution >= 0.6 is 0 Å². The van der Waals surface area contributed by atoms with Gasteiger partial charge in [-0.3, -0.25) is 14.5 Å². The van der Waals surface area contributed by atoms with Gasteiger partial charge in [0, 0.05) is 37.2 Å². The minimum absolute atomic E-state index is 0.0910. The van der Waals surface area contributed by atoms with Gasteiger partial charge in [-0.1, -0.05) is 0 Å². The summed E-state index contributed by atoms with van der Waals surface area (Å²) in [6.45, 7) is 2.30. The number of aldehydes is 1. The normalized spacial score (nSPS) is 15.4. The molecule has 1 fully saturated rings. The van der Waals surface area contributed by atoms with Crippen LogP contribution < -0.4 is 4.74 Å². The smallest absolute Gasteiger partial charge is 0.248 e. The second-order valence-corrected chi connectivity index (χ2v) is 8.90. The minimum Gasteiger partial charge on any atom is -0.456 e. The minimum atomic E-state index is -2.56. The molecule has 3 aromatic heterocycles. The highest BCUT2D eigenvalue weighted by atomic mass is 19.3. The molecule has 2 aromatic carbocycles. The number of aromatic amines is 1. The van der Waals surface area contributed by atoms with Crippen LogP contribution in [0.1, 0.15) is 29.0 Å². The molecule has 0 radical (unpaired) electrons. The average Bonchev–Trinajstić information content (AvgIpc) is 3.42. The number of aromatic nitrogens is 6. The van der Waals surface area contributed by atoms with E-state index in [0.29, 0.717) is 46.6 Å². The van der Waals surface area contributed by atoms with Crippen molar-refractivity contribution in [3.63, 3.8) is 0 Å². The number of halogens is 2. The Morgan fingerprint density at radius 2 is 2.00 bits per heavy atom. The summed E-state index contributed by atoms with van der Waals surface area (Å²) in [5.41, 5.74) is 4.10. The number of hydrogen-bond donors (Lipinski definition) is 1. The number of nitrogens with zero attached hydrogens (tertiary/aromatic N) is 5. The number of hydrogen-bond acceptors (Lipinski definition) is 6.